The van der Waals surface area contributed by atoms with Gasteiger partial charge >= 0.3 is 0 Å². The highest BCUT2D eigenvalue weighted by Gasteiger charge is 1.95. The van der Waals surface area contributed by atoms with Crippen LogP contribution in [0.2, 0.25) is 0 Å². The van der Waals surface area contributed by atoms with Gasteiger partial charge in [-0.05, 0) is 6.42 Å². The molecule has 2 N–H and O–H groups in total. The Bertz CT molecular complexity index is 283. The van der Waals surface area contributed by atoms with Crippen LogP contribution in [-0.4, -0.2) is 22.0 Å². The van der Waals surface area contributed by atoms with Crippen molar-refractivity contribution in [3.05, 3.63) is 16.6 Å². The van der Waals surface area contributed by atoms with E-state index in [0.29, 0.717) is 5.69 Å². The highest BCUT2D eigenvalue weighted by Crippen LogP contribution is 1.93. The topological polar surface area (TPSA) is 70.7 Å². The third-order valence-corrected chi connectivity index (χ3v) is 1.49. The van der Waals surface area contributed by atoms with Gasteiger partial charge in [-0.2, -0.15) is 0 Å². The van der Waals surface area contributed by atoms with Crippen molar-refractivity contribution in [2.45, 2.75) is 19.8 Å². The molecule has 5 nitrogen and oxygen atoms in total. The number of nitrogens with zero attached hydrogens (tertiary/aromatic N) is 2. The molecule has 0 saturated heterocycles. The first-order chi connectivity index (χ1) is 5.84. The average molecular weight is 168 g/mol. The molecule has 12 heavy (non-hydrogen) atoms. The van der Waals surface area contributed by atoms with Crippen LogP contribution in [0.5, 0.6) is 0 Å². The third kappa shape index (κ3) is 2.34. The lowest BCUT2D eigenvalue weighted by Crippen LogP contribution is -2.16. The molecular formula is C7H12N4O. The van der Waals surface area contributed by atoms with Crippen molar-refractivity contribution >= 4 is 5.69 Å². The molecule has 0 saturated carbocycles. The maximum absolute atomic E-state index is 11.0. The molecule has 1 heterocycles. The minimum absolute atomic E-state index is 0.221. The molecule has 0 bridgehead atoms. The molecule has 0 radical (unpaired) electrons. The fraction of sp³-hybridized carbons (Fsp3) is 0.571. The lowest BCUT2D eigenvalue weighted by Gasteiger charge is -2.01. The summed E-state index contributed by atoms with van der Waals surface area (Å²) in [4.78, 5) is 11.0. The van der Waals surface area contributed by atoms with Crippen molar-refractivity contribution in [3.8, 4) is 0 Å². The minimum Gasteiger partial charge on any atom is -0.379 e. The summed E-state index contributed by atoms with van der Waals surface area (Å²) in [5.41, 5.74) is 0.263. The summed E-state index contributed by atoms with van der Waals surface area (Å²) in [5.74, 6) is 0. The molecule has 0 unspecified atom stereocenters. The lowest BCUT2D eigenvalue weighted by molar-refractivity contribution is 0.813. The van der Waals surface area contributed by atoms with E-state index in [-0.39, 0.29) is 5.56 Å². The Hall–Kier alpha value is -1.39. The summed E-state index contributed by atoms with van der Waals surface area (Å²) < 4.78 is 0. The van der Waals surface area contributed by atoms with Crippen LogP contribution in [0.4, 0.5) is 5.69 Å². The molecule has 0 aliphatic heterocycles. The molecule has 5 heteroatoms. The van der Waals surface area contributed by atoms with Gasteiger partial charge in [-0.1, -0.05) is 18.6 Å². The zero-order chi connectivity index (χ0) is 8.81. The number of rotatable bonds is 4. The normalized spacial score (nSPS) is 9.75. The Kier molecular flexibility index (Phi) is 3.25. The van der Waals surface area contributed by atoms with Gasteiger partial charge in [0, 0.05) is 6.54 Å². The van der Waals surface area contributed by atoms with Gasteiger partial charge in [0.1, 0.15) is 5.69 Å². The maximum atomic E-state index is 11.0. The van der Waals surface area contributed by atoms with Gasteiger partial charge in [0.05, 0.1) is 6.20 Å². The number of nitrogens with one attached hydrogen (secondary N) is 2. The standard InChI is InChI=1S/C7H12N4O/c1-2-3-4-8-6-5-9-11-10-7(6)12/h5H,2-4H2,1H3,(H,8,11)(H,9,10,12). The summed E-state index contributed by atoms with van der Waals surface area (Å²) in [6.45, 7) is 2.89. The smallest absolute Gasteiger partial charge is 0.290 e. The third-order valence-electron chi connectivity index (χ3n) is 1.49. The summed E-state index contributed by atoms with van der Waals surface area (Å²) >= 11 is 0. The SMILES string of the molecule is CCCCNc1cnn[nH]c1=O. The van der Waals surface area contributed by atoms with E-state index in [1.807, 2.05) is 0 Å². The zero-order valence-corrected chi connectivity index (χ0v) is 7.00. The molecule has 0 fully saturated rings. The molecule has 1 aromatic rings. The second-order valence-electron chi connectivity index (χ2n) is 2.48. The molecular weight excluding hydrogens is 156 g/mol. The second kappa shape index (κ2) is 4.48. The van der Waals surface area contributed by atoms with E-state index in [2.05, 4.69) is 27.7 Å². The highest BCUT2D eigenvalue weighted by molar-refractivity contribution is 5.36. The van der Waals surface area contributed by atoms with Crippen LogP contribution in [0.25, 0.3) is 0 Å². The van der Waals surface area contributed by atoms with Gasteiger partial charge < -0.3 is 5.32 Å². The number of hydrogen-bond acceptors (Lipinski definition) is 4. The minimum atomic E-state index is -0.221. The van der Waals surface area contributed by atoms with Gasteiger partial charge in [0.15, 0.2) is 0 Å². The number of aromatic nitrogens is 3. The van der Waals surface area contributed by atoms with E-state index in [0.717, 1.165) is 19.4 Å². The van der Waals surface area contributed by atoms with E-state index in [1.54, 1.807) is 0 Å². The molecule has 0 aliphatic carbocycles. The van der Waals surface area contributed by atoms with Gasteiger partial charge in [-0.3, -0.25) is 4.79 Å². The number of H-pyrrole nitrogens is 1. The second-order valence-corrected chi connectivity index (χ2v) is 2.48. The van der Waals surface area contributed by atoms with E-state index < -0.39 is 0 Å². The molecule has 0 aromatic carbocycles. The Labute approximate surface area is 70.2 Å². The van der Waals surface area contributed by atoms with Crippen LogP contribution < -0.4 is 10.9 Å². The largest absolute Gasteiger partial charge is 0.379 e. The summed E-state index contributed by atoms with van der Waals surface area (Å²) in [6, 6.07) is 0. The number of unbranched alkanes of at least 4 members (excludes halogenated alkanes) is 1. The monoisotopic (exact) mass is 168 g/mol. The van der Waals surface area contributed by atoms with E-state index in [1.165, 1.54) is 6.20 Å². The van der Waals surface area contributed by atoms with Crippen molar-refractivity contribution < 1.29 is 0 Å². The number of aromatic amines is 1. The molecule has 0 atom stereocenters. The van der Waals surface area contributed by atoms with Crippen molar-refractivity contribution in [2.24, 2.45) is 0 Å². The number of anilines is 1. The highest BCUT2D eigenvalue weighted by atomic mass is 16.1. The first-order valence-corrected chi connectivity index (χ1v) is 3.99. The average Bonchev–Trinajstić information content (AvgIpc) is 2.09. The maximum Gasteiger partial charge on any atom is 0.290 e. The van der Waals surface area contributed by atoms with E-state index >= 15 is 0 Å². The van der Waals surface area contributed by atoms with Crippen molar-refractivity contribution in [1.82, 2.24) is 15.4 Å². The van der Waals surface area contributed by atoms with Crippen molar-refractivity contribution in [3.63, 3.8) is 0 Å². The quantitative estimate of drug-likeness (QED) is 0.637. The van der Waals surface area contributed by atoms with Crippen molar-refractivity contribution in [2.75, 3.05) is 11.9 Å². The van der Waals surface area contributed by atoms with Crippen LogP contribution in [0.1, 0.15) is 19.8 Å². The lowest BCUT2D eigenvalue weighted by atomic mass is 10.3. The zero-order valence-electron chi connectivity index (χ0n) is 7.00. The van der Waals surface area contributed by atoms with Crippen LogP contribution in [0, 0.1) is 0 Å². The van der Waals surface area contributed by atoms with Gasteiger partial charge in [0.25, 0.3) is 5.56 Å². The molecule has 0 amide bonds. The van der Waals surface area contributed by atoms with Crippen LogP contribution >= 0.6 is 0 Å². The Morgan fingerprint density at radius 1 is 1.67 bits per heavy atom. The molecule has 0 aliphatic rings. The molecule has 1 aromatic heterocycles. The predicted molar refractivity (Wildman–Crippen MR) is 46.1 cm³/mol. The van der Waals surface area contributed by atoms with Crippen molar-refractivity contribution in [1.29, 1.82) is 0 Å². The van der Waals surface area contributed by atoms with E-state index in [9.17, 15) is 4.79 Å². The van der Waals surface area contributed by atoms with Gasteiger partial charge in [-0.25, -0.2) is 5.10 Å². The summed E-state index contributed by atoms with van der Waals surface area (Å²) in [7, 11) is 0. The van der Waals surface area contributed by atoms with E-state index in [4.69, 9.17) is 0 Å². The first kappa shape index (κ1) is 8.70. The fourth-order valence-corrected chi connectivity index (χ4v) is 0.805. The van der Waals surface area contributed by atoms with Crippen LogP contribution in [-0.2, 0) is 0 Å². The molecule has 1 rings (SSSR count). The fourth-order valence-electron chi connectivity index (χ4n) is 0.805. The number of hydrogen-bond donors (Lipinski definition) is 2. The Balaban J connectivity index is 2.52. The molecule has 0 spiro atoms. The summed E-state index contributed by atoms with van der Waals surface area (Å²) in [6.07, 6.45) is 3.57. The van der Waals surface area contributed by atoms with Crippen LogP contribution in [0.15, 0.2) is 11.0 Å². The first-order valence-electron chi connectivity index (χ1n) is 3.99. The van der Waals surface area contributed by atoms with Gasteiger partial charge in [0.2, 0.25) is 0 Å². The van der Waals surface area contributed by atoms with Crippen LogP contribution in [0.3, 0.4) is 0 Å². The van der Waals surface area contributed by atoms with Gasteiger partial charge in [-0.15, -0.1) is 5.10 Å². The predicted octanol–water partition coefficient (Wildman–Crippen LogP) is 0.377. The molecule has 66 valence electrons. The Morgan fingerprint density at radius 2 is 2.50 bits per heavy atom. The summed E-state index contributed by atoms with van der Waals surface area (Å²) in [5, 5.41) is 12.1. The Morgan fingerprint density at radius 3 is 3.17 bits per heavy atom.